The molecule has 0 heterocycles. The third kappa shape index (κ3) is 4.77. The molecule has 5 rings (SSSR count). The van der Waals surface area contributed by atoms with E-state index in [-0.39, 0.29) is 0 Å². The summed E-state index contributed by atoms with van der Waals surface area (Å²) in [6, 6.07) is 40.6. The Morgan fingerprint density at radius 1 is 0.600 bits per heavy atom. The minimum atomic E-state index is -3.39. The fourth-order valence-electron chi connectivity index (χ4n) is 5.59. The fraction of sp³-hybridized carbons (Fsp3) is 0.250. The molecule has 0 unspecified atom stereocenters. The molecule has 1 nitrogen and oxygen atoms in total. The van der Waals surface area contributed by atoms with E-state index in [0.717, 1.165) is 12.4 Å². The molecule has 1 aliphatic carbocycles. The molecule has 1 fully saturated rings. The van der Waals surface area contributed by atoms with Gasteiger partial charge in [-0.25, -0.2) is 0 Å². The zero-order valence-electron chi connectivity index (χ0n) is 20.2. The quantitative estimate of drug-likeness (QED) is 0.224. The van der Waals surface area contributed by atoms with Gasteiger partial charge in [-0.15, -0.1) is 0 Å². The molecule has 35 heavy (non-hydrogen) atoms. The van der Waals surface area contributed by atoms with E-state index in [9.17, 15) is 0 Å². The monoisotopic (exact) mass is 500 g/mol. The van der Waals surface area contributed by atoms with Gasteiger partial charge >= 0.3 is 215 Å². The zero-order valence-corrected chi connectivity index (χ0v) is 21.9. The number of ether oxygens (including phenoxy) is 1. The summed E-state index contributed by atoms with van der Waals surface area (Å²) in [4.78, 5) is 0. The Hall–Kier alpha value is -2.60. The summed E-state index contributed by atoms with van der Waals surface area (Å²) >= 11 is 8.30. The molecule has 0 saturated heterocycles. The molecule has 0 aliphatic heterocycles. The molecule has 0 atom stereocenters. The van der Waals surface area contributed by atoms with Crippen molar-refractivity contribution in [2.45, 2.75) is 38.3 Å². The van der Waals surface area contributed by atoms with E-state index in [2.05, 4.69) is 115 Å². The van der Waals surface area contributed by atoms with Crippen LogP contribution < -0.4 is 20.7 Å². The maximum absolute atomic E-state index is 8.30. The van der Waals surface area contributed by atoms with Crippen LogP contribution in [-0.4, -0.2) is 6.61 Å². The second kappa shape index (κ2) is 10.6. The number of halogens is 1. The van der Waals surface area contributed by atoms with E-state index in [4.69, 9.17) is 16.0 Å². The molecule has 0 spiro atoms. The van der Waals surface area contributed by atoms with Crippen LogP contribution in [0.2, 0.25) is 0 Å². The Bertz CT molecular complexity index is 1120. The second-order valence-corrected chi connectivity index (χ2v) is 16.2. The number of hydrogen-bond donors (Lipinski definition) is 0. The number of benzene rings is 4. The van der Waals surface area contributed by atoms with Gasteiger partial charge in [-0.3, -0.25) is 0 Å². The van der Waals surface area contributed by atoms with Gasteiger partial charge in [0.25, 0.3) is 0 Å². The van der Waals surface area contributed by atoms with Crippen molar-refractivity contribution < 1.29 is 4.74 Å². The van der Waals surface area contributed by atoms with Crippen molar-refractivity contribution in [2.24, 2.45) is 5.92 Å². The van der Waals surface area contributed by atoms with Crippen LogP contribution in [0.5, 0.6) is 5.75 Å². The molecular weight excluding hydrogens is 467 g/mol. The van der Waals surface area contributed by atoms with Gasteiger partial charge in [0, 0.05) is 0 Å². The van der Waals surface area contributed by atoms with Crippen LogP contribution in [0, 0.1) is 5.92 Å². The zero-order chi connectivity index (χ0) is 24.0. The van der Waals surface area contributed by atoms with Crippen LogP contribution in [0.3, 0.4) is 0 Å². The van der Waals surface area contributed by atoms with E-state index in [1.807, 2.05) is 0 Å². The number of para-hydroxylation sites is 1. The molecule has 180 valence electrons. The van der Waals surface area contributed by atoms with Gasteiger partial charge in [-0.1, -0.05) is 0 Å². The summed E-state index contributed by atoms with van der Waals surface area (Å²) in [6.07, 6.45) is 7.25. The van der Waals surface area contributed by atoms with Crippen molar-refractivity contribution in [3.05, 3.63) is 121 Å². The summed E-state index contributed by atoms with van der Waals surface area (Å²) in [5, 5.41) is 3.54. The topological polar surface area (TPSA) is 9.23 Å². The fourth-order valence-corrected chi connectivity index (χ4v) is 11.7. The van der Waals surface area contributed by atoms with Gasteiger partial charge < -0.3 is 0 Å². The molecule has 0 radical (unpaired) electrons. The summed E-state index contributed by atoms with van der Waals surface area (Å²) < 4.78 is 6.54. The average molecular weight is 501 g/mol. The van der Waals surface area contributed by atoms with E-state index >= 15 is 0 Å². The van der Waals surface area contributed by atoms with Crippen molar-refractivity contribution in [2.75, 3.05) is 6.61 Å². The molecular formula is C32H34ClOP. The third-order valence-corrected chi connectivity index (χ3v) is 14.7. The predicted molar refractivity (Wildman–Crippen MR) is 153 cm³/mol. The number of hydrogen-bond acceptors (Lipinski definition) is 1. The van der Waals surface area contributed by atoms with Gasteiger partial charge in [0.15, 0.2) is 0 Å². The average Bonchev–Trinajstić information content (AvgIpc) is 2.95. The first kappa shape index (κ1) is 24.1. The molecule has 1 aliphatic rings. The van der Waals surface area contributed by atoms with E-state index in [1.54, 1.807) is 0 Å². The third-order valence-electron chi connectivity index (χ3n) is 7.52. The Morgan fingerprint density at radius 2 is 1.06 bits per heavy atom. The standard InChI is InChI=1S/C32H34ClOP/c33-35(29-18-7-2-8-19-29,30-20-9-3-10-21-30,31-22-11-4-12-23-31)26-28-17-13-14-24-32(28)34-25-27-15-5-1-6-16-27/h2-4,7-14,17-24,27H,1,5-6,15-16,25-26H2. The summed E-state index contributed by atoms with van der Waals surface area (Å²) in [5.74, 6) is -1.77. The Morgan fingerprint density at radius 3 is 1.57 bits per heavy atom. The van der Waals surface area contributed by atoms with Crippen molar-refractivity contribution >= 4 is 33.1 Å². The summed E-state index contributed by atoms with van der Waals surface area (Å²) in [5.41, 5.74) is 1.17. The maximum atomic E-state index is 8.30. The van der Waals surface area contributed by atoms with Crippen molar-refractivity contribution in [1.82, 2.24) is 0 Å². The van der Waals surface area contributed by atoms with E-state index in [0.29, 0.717) is 12.1 Å². The second-order valence-electron chi connectivity index (χ2n) is 9.77. The van der Waals surface area contributed by atoms with Crippen LogP contribution in [-0.2, 0) is 6.16 Å². The van der Waals surface area contributed by atoms with Crippen LogP contribution in [0.1, 0.15) is 37.7 Å². The van der Waals surface area contributed by atoms with Crippen molar-refractivity contribution in [1.29, 1.82) is 0 Å². The van der Waals surface area contributed by atoms with Crippen molar-refractivity contribution in [3.63, 3.8) is 0 Å². The molecule has 0 bridgehead atoms. The molecule has 0 aromatic heterocycles. The predicted octanol–water partition coefficient (Wildman–Crippen LogP) is 7.83. The molecule has 0 N–H and O–H groups in total. The molecule has 4 aromatic rings. The number of rotatable bonds is 8. The molecule has 3 heteroatoms. The van der Waals surface area contributed by atoms with Crippen LogP contribution in [0.4, 0.5) is 0 Å². The van der Waals surface area contributed by atoms with Crippen LogP contribution in [0.25, 0.3) is 0 Å². The summed E-state index contributed by atoms with van der Waals surface area (Å²) in [6.45, 7) is 0.789. The van der Waals surface area contributed by atoms with Crippen molar-refractivity contribution in [3.8, 4) is 5.75 Å². The van der Waals surface area contributed by atoms with Gasteiger partial charge in [-0.05, 0) is 0 Å². The Kier molecular flexibility index (Phi) is 7.28. The van der Waals surface area contributed by atoms with Gasteiger partial charge in [0.05, 0.1) is 0 Å². The summed E-state index contributed by atoms with van der Waals surface area (Å²) in [7, 11) is 0. The van der Waals surface area contributed by atoms with Gasteiger partial charge in [-0.2, -0.15) is 0 Å². The Labute approximate surface area is 214 Å². The van der Waals surface area contributed by atoms with Gasteiger partial charge in [0.1, 0.15) is 0 Å². The molecule has 0 amide bonds. The SMILES string of the molecule is ClP(Cc1ccccc1OCC1CCCCC1)(c1ccccc1)(c1ccccc1)c1ccccc1. The minimum absolute atomic E-state index is 0.653. The first-order chi connectivity index (χ1) is 17.2. The molecule has 1 saturated carbocycles. The van der Waals surface area contributed by atoms with Crippen LogP contribution >= 0.6 is 17.2 Å². The first-order valence-corrected chi connectivity index (χ1v) is 16.1. The normalized spacial score (nSPS) is 15.7. The van der Waals surface area contributed by atoms with Gasteiger partial charge in [0.2, 0.25) is 0 Å². The first-order valence-electron chi connectivity index (χ1n) is 12.8. The molecule has 4 aromatic carbocycles. The van der Waals surface area contributed by atoms with E-state index in [1.165, 1.54) is 53.6 Å². The van der Waals surface area contributed by atoms with E-state index < -0.39 is 5.96 Å². The van der Waals surface area contributed by atoms with Crippen LogP contribution in [0.15, 0.2) is 115 Å². The Balaban J connectivity index is 1.65.